The number of carbonyl (C=O) groups is 1. The van der Waals surface area contributed by atoms with Gasteiger partial charge in [0.2, 0.25) is 5.91 Å². The predicted octanol–water partition coefficient (Wildman–Crippen LogP) is 5.56. The summed E-state index contributed by atoms with van der Waals surface area (Å²) in [6.07, 6.45) is 0. The molecule has 0 saturated heterocycles. The van der Waals surface area contributed by atoms with E-state index in [1.807, 2.05) is 52.9 Å². The van der Waals surface area contributed by atoms with Crippen molar-refractivity contribution in [1.82, 2.24) is 14.4 Å². The molecule has 2 heterocycles. The van der Waals surface area contributed by atoms with E-state index in [2.05, 4.69) is 5.32 Å². The van der Waals surface area contributed by atoms with Gasteiger partial charge in [-0.15, -0.1) is 0 Å². The number of aromatic nitrogens is 3. The van der Waals surface area contributed by atoms with Crippen LogP contribution < -0.4 is 5.32 Å². The molecule has 0 spiro atoms. The fourth-order valence-corrected chi connectivity index (χ4v) is 4.30. The molecule has 3 aromatic carbocycles. The van der Waals surface area contributed by atoms with E-state index < -0.39 is 5.82 Å². The zero-order valence-corrected chi connectivity index (χ0v) is 17.0. The number of thioether (sulfide) groups is 1. The Morgan fingerprint density at radius 2 is 1.80 bits per heavy atom. The number of carbonyl (C=O) groups excluding carboxylic acids is 1. The molecule has 30 heavy (non-hydrogen) atoms. The Labute approximate surface area is 179 Å². The van der Waals surface area contributed by atoms with E-state index in [4.69, 9.17) is 21.6 Å². The third-order valence-corrected chi connectivity index (χ3v) is 5.82. The summed E-state index contributed by atoms with van der Waals surface area (Å²) < 4.78 is 15.9. The van der Waals surface area contributed by atoms with Crippen LogP contribution in [0.5, 0.6) is 0 Å². The van der Waals surface area contributed by atoms with Crippen LogP contribution in [0.1, 0.15) is 0 Å². The van der Waals surface area contributed by atoms with Gasteiger partial charge in [0.1, 0.15) is 11.5 Å². The molecule has 5 nitrogen and oxygen atoms in total. The molecule has 0 atom stereocenters. The van der Waals surface area contributed by atoms with Gasteiger partial charge in [-0.3, -0.25) is 9.20 Å². The van der Waals surface area contributed by atoms with Gasteiger partial charge in [-0.2, -0.15) is 0 Å². The molecule has 2 aromatic heterocycles. The number of para-hydroxylation sites is 3. The molecule has 0 unspecified atom stereocenters. The summed E-state index contributed by atoms with van der Waals surface area (Å²) >= 11 is 7.16. The van der Waals surface area contributed by atoms with Gasteiger partial charge in [0.05, 0.1) is 28.0 Å². The minimum absolute atomic E-state index is 0.0535. The Morgan fingerprint density at radius 1 is 1.03 bits per heavy atom. The number of imidazole rings is 1. The molecule has 0 radical (unpaired) electrons. The maximum absolute atomic E-state index is 13.9. The number of hydrogen-bond acceptors (Lipinski definition) is 4. The first-order chi connectivity index (χ1) is 14.6. The molecule has 0 aliphatic carbocycles. The van der Waals surface area contributed by atoms with Crippen LogP contribution >= 0.6 is 23.4 Å². The van der Waals surface area contributed by atoms with Crippen molar-refractivity contribution < 1.29 is 9.18 Å². The molecule has 5 rings (SSSR count). The fourth-order valence-electron chi connectivity index (χ4n) is 3.32. The molecular formula is C22H14ClFN4OS. The number of nitrogens with one attached hydrogen (secondary N) is 1. The van der Waals surface area contributed by atoms with Crippen molar-refractivity contribution in [2.24, 2.45) is 0 Å². The third kappa shape index (κ3) is 3.36. The Hall–Kier alpha value is -3.16. The molecule has 0 aliphatic heterocycles. The normalized spacial score (nSPS) is 11.4. The van der Waals surface area contributed by atoms with Gasteiger partial charge in [-0.1, -0.05) is 47.6 Å². The third-order valence-electron chi connectivity index (χ3n) is 4.65. The highest BCUT2D eigenvalue weighted by atomic mass is 35.5. The van der Waals surface area contributed by atoms with Crippen LogP contribution in [0.3, 0.4) is 0 Å². The number of rotatable bonds is 4. The molecule has 5 aromatic rings. The van der Waals surface area contributed by atoms with Crippen LogP contribution in [0.4, 0.5) is 10.1 Å². The second kappa shape index (κ2) is 7.59. The van der Waals surface area contributed by atoms with E-state index in [1.54, 1.807) is 0 Å². The highest BCUT2D eigenvalue weighted by Crippen LogP contribution is 2.29. The topological polar surface area (TPSA) is 59.3 Å². The summed E-state index contributed by atoms with van der Waals surface area (Å²) in [6.45, 7) is 0. The number of anilines is 1. The summed E-state index contributed by atoms with van der Waals surface area (Å²) in [7, 11) is 0. The highest BCUT2D eigenvalue weighted by Gasteiger charge is 2.16. The average molecular weight is 437 g/mol. The average Bonchev–Trinajstić information content (AvgIpc) is 3.15. The molecule has 1 N–H and O–H groups in total. The largest absolute Gasteiger partial charge is 0.323 e. The van der Waals surface area contributed by atoms with E-state index in [-0.39, 0.29) is 17.3 Å². The van der Waals surface area contributed by atoms with Crippen LogP contribution in [-0.2, 0) is 4.79 Å². The van der Waals surface area contributed by atoms with Crippen LogP contribution in [0, 0.1) is 5.82 Å². The number of halogens is 2. The van der Waals surface area contributed by atoms with Gasteiger partial charge in [0.15, 0.2) is 5.16 Å². The number of amides is 1. The predicted molar refractivity (Wildman–Crippen MR) is 119 cm³/mol. The molecular weight excluding hydrogens is 423 g/mol. The summed E-state index contributed by atoms with van der Waals surface area (Å²) in [5.74, 6) is -0.836. The van der Waals surface area contributed by atoms with Crippen LogP contribution in [0.2, 0.25) is 5.02 Å². The zero-order chi connectivity index (χ0) is 20.7. The number of hydrogen-bond donors (Lipinski definition) is 1. The Kier molecular flexibility index (Phi) is 4.77. The van der Waals surface area contributed by atoms with Gasteiger partial charge in [0.25, 0.3) is 0 Å². The van der Waals surface area contributed by atoms with E-state index >= 15 is 0 Å². The maximum Gasteiger partial charge on any atom is 0.234 e. The SMILES string of the molecule is O=C(CSc1nc2ccccc2c2nc3ccccc3n12)Nc1cc(Cl)ccc1F. The molecule has 8 heteroatoms. The van der Waals surface area contributed by atoms with Crippen LogP contribution in [0.25, 0.3) is 27.6 Å². The second-order valence-electron chi connectivity index (χ2n) is 6.63. The first-order valence-corrected chi connectivity index (χ1v) is 10.5. The zero-order valence-electron chi connectivity index (χ0n) is 15.5. The van der Waals surface area contributed by atoms with Crippen LogP contribution in [0.15, 0.2) is 71.9 Å². The van der Waals surface area contributed by atoms with Crippen molar-refractivity contribution >= 4 is 62.5 Å². The van der Waals surface area contributed by atoms with Crippen LogP contribution in [-0.4, -0.2) is 26.0 Å². The molecule has 0 bridgehead atoms. The Morgan fingerprint density at radius 3 is 2.67 bits per heavy atom. The lowest BCUT2D eigenvalue weighted by Crippen LogP contribution is -2.15. The minimum atomic E-state index is -0.537. The quantitative estimate of drug-likeness (QED) is 0.296. The van der Waals surface area contributed by atoms with Gasteiger partial charge >= 0.3 is 0 Å². The molecule has 0 fully saturated rings. The van der Waals surface area contributed by atoms with Crippen molar-refractivity contribution in [3.8, 4) is 0 Å². The lowest BCUT2D eigenvalue weighted by molar-refractivity contribution is -0.113. The lowest BCUT2D eigenvalue weighted by atomic mass is 10.2. The standard InChI is InChI=1S/C22H14ClFN4OS/c23-13-9-10-15(24)18(11-13)25-20(29)12-30-22-27-16-6-2-1-5-14(16)21-26-17-7-3-4-8-19(17)28(21)22/h1-11H,12H2,(H,25,29). The van der Waals surface area contributed by atoms with Crippen molar-refractivity contribution in [3.63, 3.8) is 0 Å². The Balaban J connectivity index is 1.52. The van der Waals surface area contributed by atoms with E-state index in [1.165, 1.54) is 30.0 Å². The minimum Gasteiger partial charge on any atom is -0.323 e. The first kappa shape index (κ1) is 18.8. The molecule has 0 saturated carbocycles. The van der Waals surface area contributed by atoms with Crippen molar-refractivity contribution in [2.45, 2.75) is 5.16 Å². The lowest BCUT2D eigenvalue weighted by Gasteiger charge is -2.09. The summed E-state index contributed by atoms with van der Waals surface area (Å²) in [4.78, 5) is 22.0. The maximum atomic E-state index is 13.9. The number of benzene rings is 3. The highest BCUT2D eigenvalue weighted by molar-refractivity contribution is 7.99. The fraction of sp³-hybridized carbons (Fsp3) is 0.0455. The smallest absolute Gasteiger partial charge is 0.234 e. The summed E-state index contributed by atoms with van der Waals surface area (Å²) in [6, 6.07) is 19.6. The number of fused-ring (bicyclic) bond motifs is 5. The van der Waals surface area contributed by atoms with Crippen molar-refractivity contribution in [2.75, 3.05) is 11.1 Å². The van der Waals surface area contributed by atoms with Crippen molar-refractivity contribution in [1.29, 1.82) is 0 Å². The van der Waals surface area contributed by atoms with E-state index in [0.29, 0.717) is 10.2 Å². The number of nitrogens with zero attached hydrogens (tertiary/aromatic N) is 3. The first-order valence-electron chi connectivity index (χ1n) is 9.14. The Bertz CT molecular complexity index is 1440. The van der Waals surface area contributed by atoms with Gasteiger partial charge in [-0.25, -0.2) is 14.4 Å². The van der Waals surface area contributed by atoms with E-state index in [0.717, 1.165) is 27.6 Å². The van der Waals surface area contributed by atoms with E-state index in [9.17, 15) is 9.18 Å². The molecule has 1 amide bonds. The second-order valence-corrected chi connectivity index (χ2v) is 8.01. The monoisotopic (exact) mass is 436 g/mol. The summed E-state index contributed by atoms with van der Waals surface area (Å²) in [5, 5.41) is 4.49. The molecule has 148 valence electrons. The van der Waals surface area contributed by atoms with Crippen molar-refractivity contribution in [3.05, 3.63) is 77.6 Å². The van der Waals surface area contributed by atoms with Gasteiger partial charge < -0.3 is 5.32 Å². The van der Waals surface area contributed by atoms with Gasteiger partial charge in [-0.05, 0) is 42.5 Å². The van der Waals surface area contributed by atoms with Gasteiger partial charge in [0, 0.05) is 10.4 Å². The summed E-state index contributed by atoms with van der Waals surface area (Å²) in [5.41, 5.74) is 3.39. The molecule has 0 aliphatic rings.